The number of carboxylic acid groups (broad SMARTS) is 1. The van der Waals surface area contributed by atoms with E-state index in [1.807, 2.05) is 97.1 Å². The molecule has 0 saturated carbocycles. The van der Waals surface area contributed by atoms with Gasteiger partial charge in [0.15, 0.2) is 18.9 Å². The largest absolute Gasteiger partial charge is 0.484 e. The van der Waals surface area contributed by atoms with Crippen molar-refractivity contribution in [2.24, 2.45) is 0 Å². The van der Waals surface area contributed by atoms with Crippen molar-refractivity contribution in [2.75, 3.05) is 19.8 Å². The number of likely N-dealkylation sites (tertiary alicyclic amines) is 1. The summed E-state index contributed by atoms with van der Waals surface area (Å²) in [6.07, 6.45) is -1.18. The fourth-order valence-electron chi connectivity index (χ4n) is 5.22. The molecular weight excluding hydrogens is 567 g/mol. The van der Waals surface area contributed by atoms with E-state index in [1.165, 1.54) is 0 Å². The fraction of sp³-hybridized carbons (Fsp3) is 0.152. The molecule has 3 N–H and O–H groups in total. The molecule has 0 unspecified atom stereocenters. The Bertz CT molecular complexity index is 1510. The molecule has 4 aromatic rings. The van der Waals surface area contributed by atoms with Crippen LogP contribution >= 0.6 is 6.89 Å². The number of rotatable bonds is 12. The maximum absolute atomic E-state index is 13.9. The summed E-state index contributed by atoms with van der Waals surface area (Å²) < 4.78 is 11.4. The van der Waals surface area contributed by atoms with Gasteiger partial charge < -0.3 is 25.0 Å². The molecule has 5 rings (SSSR count). The molecule has 2 amide bonds. The number of carboxylic acids is 1. The Hall–Kier alpha value is -4.69. The zero-order valence-corrected chi connectivity index (χ0v) is 24.0. The van der Waals surface area contributed by atoms with Gasteiger partial charge in [-0.2, -0.15) is 0 Å². The van der Waals surface area contributed by atoms with Crippen molar-refractivity contribution in [3.63, 3.8) is 0 Å². The number of carbonyl (C=O) groups excluding carboxylic acids is 2. The molecular formula is C33H31N2O7P. The van der Waals surface area contributed by atoms with Crippen molar-refractivity contribution >= 4 is 46.0 Å². The maximum Gasteiger partial charge on any atom is 0.353 e. The Morgan fingerprint density at radius 2 is 1.23 bits per heavy atom. The predicted molar refractivity (Wildman–Crippen MR) is 165 cm³/mol. The summed E-state index contributed by atoms with van der Waals surface area (Å²) in [5.74, 6) is -2.03. The highest BCUT2D eigenvalue weighted by atomic mass is 31.2. The van der Waals surface area contributed by atoms with Gasteiger partial charge in [0, 0.05) is 6.89 Å². The first-order chi connectivity index (χ1) is 21.0. The van der Waals surface area contributed by atoms with Gasteiger partial charge in [-0.3, -0.25) is 14.5 Å². The van der Waals surface area contributed by atoms with E-state index in [9.17, 15) is 24.6 Å². The van der Waals surface area contributed by atoms with Crippen LogP contribution in [-0.4, -0.2) is 70.4 Å². The van der Waals surface area contributed by atoms with Gasteiger partial charge in [-0.15, -0.1) is 0 Å². The first-order valence-electron chi connectivity index (χ1n) is 13.7. The van der Waals surface area contributed by atoms with E-state index >= 15 is 0 Å². The molecule has 10 heteroatoms. The molecule has 9 nitrogen and oxygen atoms in total. The van der Waals surface area contributed by atoms with Crippen LogP contribution in [0, 0.1) is 0 Å². The molecule has 4 aromatic carbocycles. The number of amides is 2. The number of aliphatic hydroxyl groups is 1. The number of aliphatic carboxylic acids is 1. The van der Waals surface area contributed by atoms with Crippen LogP contribution in [-0.2, 0) is 19.1 Å². The van der Waals surface area contributed by atoms with E-state index in [2.05, 4.69) is 5.32 Å². The van der Waals surface area contributed by atoms with Gasteiger partial charge in [0.1, 0.15) is 11.2 Å². The molecule has 1 saturated heterocycles. The van der Waals surface area contributed by atoms with Crippen LogP contribution in [0.4, 0.5) is 0 Å². The summed E-state index contributed by atoms with van der Waals surface area (Å²) in [5.41, 5.74) is -0.157. The minimum Gasteiger partial charge on any atom is -0.484 e. The van der Waals surface area contributed by atoms with E-state index in [-0.39, 0.29) is 25.2 Å². The lowest BCUT2D eigenvalue weighted by molar-refractivity contribution is -0.174. The van der Waals surface area contributed by atoms with Gasteiger partial charge in [-0.25, -0.2) is 4.79 Å². The molecule has 0 radical (unpaired) electrons. The second-order valence-corrected chi connectivity index (χ2v) is 13.0. The third-order valence-electron chi connectivity index (χ3n) is 7.02. The molecule has 1 aliphatic heterocycles. The van der Waals surface area contributed by atoms with Crippen LogP contribution in [0.2, 0.25) is 0 Å². The van der Waals surface area contributed by atoms with E-state index in [4.69, 9.17) is 9.47 Å². The van der Waals surface area contributed by atoms with E-state index in [0.717, 1.165) is 20.8 Å². The number of nitrogens with one attached hydrogen (secondary N) is 1. The van der Waals surface area contributed by atoms with Crippen molar-refractivity contribution in [2.45, 2.75) is 12.3 Å². The van der Waals surface area contributed by atoms with Crippen LogP contribution in [0.15, 0.2) is 121 Å². The van der Waals surface area contributed by atoms with Crippen LogP contribution in [0.5, 0.6) is 5.75 Å². The van der Waals surface area contributed by atoms with Gasteiger partial charge in [-0.05, 0) is 28.0 Å². The summed E-state index contributed by atoms with van der Waals surface area (Å²) in [6.45, 7) is -4.12. The number of β-lactam (4-membered cyclic amide) rings is 1. The lowest BCUT2D eigenvalue weighted by Crippen LogP contribution is -2.74. The second kappa shape index (κ2) is 13.5. The summed E-state index contributed by atoms with van der Waals surface area (Å²) in [4.78, 5) is 41.3. The number of ether oxygens (including phenoxy) is 2. The number of carbonyl (C=O) groups is 3. The Kier molecular flexibility index (Phi) is 9.37. The minimum atomic E-state index is -3.22. The molecule has 1 aliphatic rings. The zero-order valence-electron chi connectivity index (χ0n) is 23.2. The van der Waals surface area contributed by atoms with Crippen LogP contribution in [0.3, 0.4) is 0 Å². The number of para-hydroxylation sites is 1. The summed E-state index contributed by atoms with van der Waals surface area (Å²) in [6, 6.07) is 35.3. The highest BCUT2D eigenvalue weighted by Gasteiger charge is 2.55. The lowest BCUT2D eigenvalue weighted by atomic mass is 10.0. The number of benzene rings is 4. The number of nitrogens with zero attached hydrogens (tertiary/aromatic N) is 1. The molecule has 220 valence electrons. The third kappa shape index (κ3) is 5.96. The molecule has 0 aromatic heterocycles. The molecule has 43 heavy (non-hydrogen) atoms. The van der Waals surface area contributed by atoms with E-state index < -0.39 is 36.9 Å². The van der Waals surface area contributed by atoms with Gasteiger partial charge in [0.25, 0.3) is 11.8 Å². The summed E-state index contributed by atoms with van der Waals surface area (Å²) in [5, 5.41) is 25.3. The lowest BCUT2D eigenvalue weighted by Gasteiger charge is -2.48. The zero-order chi connectivity index (χ0) is 30.2. The monoisotopic (exact) mass is 598 g/mol. The standard InChI is InChI=1S/C33H31N2O7P/c36-21-22-41-31-29(34-28(37)23-42-24-13-5-1-6-14-24)30(38)35(31)32(33(39)40)43(25-15-7-2-8-16-25,26-17-9-3-10-18-26)27-19-11-4-12-20-27/h1-20,29,31,36H,21-23H2,(H,34,37)(H,39,40)/t29-,31-/m1/s1. The van der Waals surface area contributed by atoms with Gasteiger partial charge in [0.2, 0.25) is 0 Å². The van der Waals surface area contributed by atoms with Crippen molar-refractivity contribution < 1.29 is 34.1 Å². The fourth-order valence-corrected chi connectivity index (χ4v) is 9.53. The first-order valence-corrected chi connectivity index (χ1v) is 15.5. The number of hydrogen-bond donors (Lipinski definition) is 3. The minimum absolute atomic E-state index is 0.157. The summed E-state index contributed by atoms with van der Waals surface area (Å²) >= 11 is 0. The smallest absolute Gasteiger partial charge is 0.353 e. The molecule has 1 heterocycles. The quantitative estimate of drug-likeness (QED) is 0.168. The molecule has 0 bridgehead atoms. The van der Waals surface area contributed by atoms with Gasteiger partial charge in [0.05, 0.1) is 13.2 Å². The van der Waals surface area contributed by atoms with Gasteiger partial charge in [-0.1, -0.05) is 109 Å². The number of hydrogen-bond acceptors (Lipinski definition) is 6. The van der Waals surface area contributed by atoms with Crippen LogP contribution in [0.1, 0.15) is 0 Å². The highest BCUT2D eigenvalue weighted by molar-refractivity contribution is 7.96. The normalized spacial score (nSPS) is 16.2. The maximum atomic E-state index is 13.9. The average Bonchev–Trinajstić information content (AvgIpc) is 3.05. The molecule has 0 spiro atoms. The van der Waals surface area contributed by atoms with Crippen molar-refractivity contribution in [1.82, 2.24) is 10.2 Å². The Morgan fingerprint density at radius 3 is 1.67 bits per heavy atom. The predicted octanol–water partition coefficient (Wildman–Crippen LogP) is 1.94. The van der Waals surface area contributed by atoms with E-state index in [1.54, 1.807) is 24.3 Å². The van der Waals surface area contributed by atoms with Crippen LogP contribution < -0.4 is 26.0 Å². The SMILES string of the molecule is O=C(COc1ccccc1)N[C@@H]1C(=O)N(C(C(=O)O)=P(c2ccccc2)(c2ccccc2)c2ccccc2)[C@@H]1OCCO. The van der Waals surface area contributed by atoms with E-state index in [0.29, 0.717) is 5.75 Å². The number of aliphatic hydroxyl groups excluding tert-OH is 1. The first kappa shape index (κ1) is 29.8. The van der Waals surface area contributed by atoms with Crippen molar-refractivity contribution in [3.8, 4) is 5.75 Å². The average molecular weight is 599 g/mol. The highest BCUT2D eigenvalue weighted by Crippen LogP contribution is 2.48. The molecule has 1 fully saturated rings. The second-order valence-electron chi connectivity index (χ2n) is 9.65. The topological polar surface area (TPSA) is 125 Å². The summed E-state index contributed by atoms with van der Waals surface area (Å²) in [7, 11) is 0. The Labute approximate surface area is 249 Å². The Balaban J connectivity index is 1.65. The third-order valence-corrected chi connectivity index (χ3v) is 11.3. The molecule has 2 atom stereocenters. The molecule has 0 aliphatic carbocycles. The van der Waals surface area contributed by atoms with Crippen molar-refractivity contribution in [1.29, 1.82) is 0 Å². The van der Waals surface area contributed by atoms with Crippen LogP contribution in [0.25, 0.3) is 0 Å². The van der Waals surface area contributed by atoms with Gasteiger partial charge >= 0.3 is 5.97 Å². The Morgan fingerprint density at radius 1 is 0.767 bits per heavy atom. The van der Waals surface area contributed by atoms with Crippen molar-refractivity contribution in [3.05, 3.63) is 121 Å².